The third-order valence-electron chi connectivity index (χ3n) is 3.46. The molecule has 1 aliphatic rings. The Bertz CT molecular complexity index is 694. The van der Waals surface area contributed by atoms with Gasteiger partial charge in [0, 0.05) is 7.05 Å². The fourth-order valence-electron chi connectivity index (χ4n) is 2.21. The summed E-state index contributed by atoms with van der Waals surface area (Å²) in [4.78, 5) is 0.0853. The van der Waals surface area contributed by atoms with Gasteiger partial charge in [-0.15, -0.1) is 0 Å². The van der Waals surface area contributed by atoms with Crippen LogP contribution in [-0.2, 0) is 19.9 Å². The maximum atomic E-state index is 12.4. The normalized spacial score (nSPS) is 26.0. The van der Waals surface area contributed by atoms with Gasteiger partial charge >= 0.3 is 0 Å². The molecule has 2 atom stereocenters. The van der Waals surface area contributed by atoms with E-state index in [1.165, 1.54) is 19.2 Å². The number of rotatable bonds is 3. The van der Waals surface area contributed by atoms with E-state index in [9.17, 15) is 21.9 Å². The lowest BCUT2D eigenvalue weighted by atomic mass is 10.2. The number of sulfone groups is 1. The van der Waals surface area contributed by atoms with Crippen molar-refractivity contribution >= 4 is 19.9 Å². The zero-order valence-electron chi connectivity index (χ0n) is 11.2. The summed E-state index contributed by atoms with van der Waals surface area (Å²) >= 11 is 0. The molecule has 0 aromatic heterocycles. The Kier molecular flexibility index (Phi) is 3.94. The van der Waals surface area contributed by atoms with Crippen molar-refractivity contribution in [2.24, 2.45) is 0 Å². The minimum Gasteiger partial charge on any atom is -0.390 e. The largest absolute Gasteiger partial charge is 0.390 e. The third-order valence-corrected chi connectivity index (χ3v) is 7.05. The molecule has 1 aliphatic heterocycles. The van der Waals surface area contributed by atoms with Gasteiger partial charge in [-0.05, 0) is 19.1 Å². The first kappa shape index (κ1) is 15.4. The number of benzene rings is 1. The lowest BCUT2D eigenvalue weighted by Gasteiger charge is -2.25. The van der Waals surface area contributed by atoms with Crippen LogP contribution in [0.1, 0.15) is 5.56 Å². The predicted octanol–water partition coefficient (Wildman–Crippen LogP) is -0.227. The number of sulfonamides is 1. The van der Waals surface area contributed by atoms with Crippen LogP contribution in [-0.4, -0.2) is 56.9 Å². The Balaban J connectivity index is 2.33. The van der Waals surface area contributed by atoms with E-state index in [0.717, 1.165) is 9.87 Å². The number of hydrogen-bond donors (Lipinski definition) is 1. The minimum atomic E-state index is -3.81. The van der Waals surface area contributed by atoms with Crippen LogP contribution < -0.4 is 0 Å². The maximum Gasteiger partial charge on any atom is 0.243 e. The highest BCUT2D eigenvalue weighted by molar-refractivity contribution is 7.92. The Hall–Kier alpha value is -0.960. The molecule has 1 N–H and O–H groups in total. The lowest BCUT2D eigenvalue weighted by Crippen LogP contribution is -2.44. The standard InChI is InChI=1S/C12H17NO5S2/c1-9-3-5-10(6-4-9)20(17,18)13(2)11-7-19(15,16)8-12(11)14/h3-6,11-12,14H,7-8H2,1-2H3. The molecule has 1 aromatic rings. The molecule has 20 heavy (non-hydrogen) atoms. The van der Waals surface area contributed by atoms with Crippen molar-refractivity contribution in [2.75, 3.05) is 18.6 Å². The number of aliphatic hydroxyl groups excluding tert-OH is 1. The van der Waals surface area contributed by atoms with Crippen molar-refractivity contribution in [3.8, 4) is 0 Å². The van der Waals surface area contributed by atoms with Crippen LogP contribution in [0, 0.1) is 6.92 Å². The zero-order valence-corrected chi connectivity index (χ0v) is 12.9. The van der Waals surface area contributed by atoms with Gasteiger partial charge in [0.25, 0.3) is 0 Å². The molecule has 8 heteroatoms. The average molecular weight is 319 g/mol. The Morgan fingerprint density at radius 1 is 1.20 bits per heavy atom. The molecule has 2 rings (SSSR count). The van der Waals surface area contributed by atoms with Gasteiger partial charge in [0.05, 0.1) is 28.5 Å². The molecule has 0 bridgehead atoms. The summed E-state index contributed by atoms with van der Waals surface area (Å²) in [7, 11) is -5.91. The second-order valence-electron chi connectivity index (χ2n) is 5.05. The summed E-state index contributed by atoms with van der Waals surface area (Å²) < 4.78 is 48.7. The molecule has 0 aliphatic carbocycles. The predicted molar refractivity (Wildman–Crippen MR) is 74.6 cm³/mol. The van der Waals surface area contributed by atoms with Crippen molar-refractivity contribution < 1.29 is 21.9 Å². The highest BCUT2D eigenvalue weighted by Crippen LogP contribution is 2.24. The minimum absolute atomic E-state index is 0.0853. The number of aryl methyl sites for hydroxylation is 1. The van der Waals surface area contributed by atoms with E-state index < -0.39 is 37.8 Å². The Morgan fingerprint density at radius 3 is 2.20 bits per heavy atom. The quantitative estimate of drug-likeness (QED) is 0.831. The molecule has 1 aromatic carbocycles. The van der Waals surface area contributed by atoms with Gasteiger partial charge in [-0.1, -0.05) is 17.7 Å². The number of hydrogen-bond acceptors (Lipinski definition) is 5. The Morgan fingerprint density at radius 2 is 1.75 bits per heavy atom. The van der Waals surface area contributed by atoms with Crippen molar-refractivity contribution in [2.45, 2.75) is 24.0 Å². The van der Waals surface area contributed by atoms with E-state index in [1.807, 2.05) is 6.92 Å². The van der Waals surface area contributed by atoms with Gasteiger partial charge in [-0.2, -0.15) is 4.31 Å². The second-order valence-corrected chi connectivity index (χ2v) is 9.20. The first-order chi connectivity index (χ1) is 9.13. The molecule has 1 heterocycles. The van der Waals surface area contributed by atoms with Gasteiger partial charge in [-0.3, -0.25) is 0 Å². The van der Waals surface area contributed by atoms with E-state index in [-0.39, 0.29) is 10.6 Å². The van der Waals surface area contributed by atoms with Gasteiger partial charge < -0.3 is 5.11 Å². The summed E-state index contributed by atoms with van der Waals surface area (Å²) in [6.07, 6.45) is -1.19. The topological polar surface area (TPSA) is 91.8 Å². The van der Waals surface area contributed by atoms with Crippen LogP contribution in [0.25, 0.3) is 0 Å². The summed E-state index contributed by atoms with van der Waals surface area (Å²) in [6.45, 7) is 1.84. The highest BCUT2D eigenvalue weighted by atomic mass is 32.2. The van der Waals surface area contributed by atoms with Gasteiger partial charge in [-0.25, -0.2) is 16.8 Å². The molecule has 1 saturated heterocycles. The van der Waals surface area contributed by atoms with Crippen LogP contribution in [0.2, 0.25) is 0 Å². The molecular weight excluding hydrogens is 302 g/mol. The van der Waals surface area contributed by atoms with Gasteiger partial charge in [0.1, 0.15) is 0 Å². The molecule has 0 saturated carbocycles. The maximum absolute atomic E-state index is 12.4. The summed E-state index contributed by atoms with van der Waals surface area (Å²) in [6, 6.07) is 5.34. The fourth-order valence-corrected chi connectivity index (χ4v) is 5.54. The molecule has 0 radical (unpaired) electrons. The summed E-state index contributed by atoms with van der Waals surface area (Å²) in [5.74, 6) is -0.749. The van der Waals surface area contributed by atoms with E-state index in [1.54, 1.807) is 12.1 Å². The van der Waals surface area contributed by atoms with Gasteiger partial charge in [0.2, 0.25) is 10.0 Å². The monoisotopic (exact) mass is 319 g/mol. The highest BCUT2D eigenvalue weighted by Gasteiger charge is 2.42. The van der Waals surface area contributed by atoms with Crippen LogP contribution in [0.5, 0.6) is 0 Å². The molecule has 112 valence electrons. The van der Waals surface area contributed by atoms with Gasteiger partial charge in [0.15, 0.2) is 9.84 Å². The molecule has 0 spiro atoms. The van der Waals surface area contributed by atoms with Crippen molar-refractivity contribution in [1.29, 1.82) is 0 Å². The number of likely N-dealkylation sites (N-methyl/N-ethyl adjacent to an activating group) is 1. The van der Waals surface area contributed by atoms with E-state index >= 15 is 0 Å². The van der Waals surface area contributed by atoms with Crippen molar-refractivity contribution in [3.63, 3.8) is 0 Å². The van der Waals surface area contributed by atoms with Crippen LogP contribution >= 0.6 is 0 Å². The molecule has 1 fully saturated rings. The third kappa shape index (κ3) is 2.88. The average Bonchev–Trinajstić information content (AvgIpc) is 2.62. The van der Waals surface area contributed by atoms with E-state index in [4.69, 9.17) is 0 Å². The second kappa shape index (κ2) is 5.10. The Labute approximate surface area is 119 Å². The number of nitrogens with zero attached hydrogens (tertiary/aromatic N) is 1. The van der Waals surface area contributed by atoms with Crippen LogP contribution in [0.4, 0.5) is 0 Å². The smallest absolute Gasteiger partial charge is 0.243 e. The van der Waals surface area contributed by atoms with Crippen molar-refractivity contribution in [1.82, 2.24) is 4.31 Å². The van der Waals surface area contributed by atoms with Crippen LogP contribution in [0.15, 0.2) is 29.2 Å². The molecule has 2 unspecified atom stereocenters. The summed E-state index contributed by atoms with van der Waals surface area (Å²) in [5.41, 5.74) is 0.926. The first-order valence-electron chi connectivity index (χ1n) is 6.07. The molecule has 6 nitrogen and oxygen atoms in total. The molecule has 0 amide bonds. The first-order valence-corrected chi connectivity index (χ1v) is 9.33. The fraction of sp³-hybridized carbons (Fsp3) is 0.500. The zero-order chi connectivity index (χ0) is 15.1. The SMILES string of the molecule is Cc1ccc(S(=O)(=O)N(C)C2CS(=O)(=O)CC2O)cc1. The number of aliphatic hydroxyl groups is 1. The lowest BCUT2D eigenvalue weighted by molar-refractivity contribution is 0.137. The van der Waals surface area contributed by atoms with Crippen LogP contribution in [0.3, 0.4) is 0 Å². The molecular formula is C12H17NO5S2. The summed E-state index contributed by atoms with van der Waals surface area (Å²) in [5, 5.41) is 9.76. The van der Waals surface area contributed by atoms with E-state index in [2.05, 4.69) is 0 Å². The van der Waals surface area contributed by atoms with E-state index in [0.29, 0.717) is 0 Å². The van der Waals surface area contributed by atoms with Crippen molar-refractivity contribution in [3.05, 3.63) is 29.8 Å².